The molecule has 0 radical (unpaired) electrons. The fraction of sp³-hybridized carbons (Fsp3) is 0.308. The Bertz CT molecular complexity index is 559. The summed E-state index contributed by atoms with van der Waals surface area (Å²) >= 11 is 0. The molecule has 1 rings (SSSR count). The van der Waals surface area contributed by atoms with Crippen LogP contribution in [0.25, 0.3) is 0 Å². The molecule has 0 saturated heterocycles. The second kappa shape index (κ2) is 9.51. The van der Waals surface area contributed by atoms with Gasteiger partial charge in [-0.05, 0) is 31.3 Å². The Morgan fingerprint density at radius 3 is 2.38 bits per heavy atom. The van der Waals surface area contributed by atoms with E-state index in [0.29, 0.717) is 18.7 Å². The number of likely N-dealkylation sites (N-methyl/N-ethyl adjacent to an activating group) is 1. The summed E-state index contributed by atoms with van der Waals surface area (Å²) in [5, 5.41) is 5.63. The molecule has 118 valence electrons. The molecule has 0 bridgehead atoms. The van der Waals surface area contributed by atoms with Crippen molar-refractivity contribution >= 4 is 28.3 Å². The average Bonchev–Trinajstić information content (AvgIpc) is 2.45. The van der Waals surface area contributed by atoms with E-state index >= 15 is 0 Å². The third-order valence-electron chi connectivity index (χ3n) is 2.51. The van der Waals surface area contributed by atoms with Crippen molar-refractivity contribution in [3.05, 3.63) is 42.5 Å². The maximum Gasteiger partial charge on any atom is 0.251 e. The monoisotopic (exact) mass is 333 g/mol. The lowest BCUT2D eigenvalue weighted by atomic mass is 10.2. The third kappa shape index (κ3) is 6.26. The van der Waals surface area contributed by atoms with Gasteiger partial charge in [0.2, 0.25) is 10.0 Å². The number of halogens is 1. The highest BCUT2D eigenvalue weighted by Crippen LogP contribution is 2.10. The van der Waals surface area contributed by atoms with Crippen molar-refractivity contribution in [1.82, 2.24) is 15.4 Å². The summed E-state index contributed by atoms with van der Waals surface area (Å²) in [4.78, 5) is 11.9. The molecular formula is C13H20ClN3O3S. The Hall–Kier alpha value is -1.41. The fourth-order valence-corrected chi connectivity index (χ4v) is 2.44. The number of hydrogen-bond donors (Lipinski definition) is 3. The number of amides is 1. The van der Waals surface area contributed by atoms with Crippen molar-refractivity contribution in [1.29, 1.82) is 0 Å². The van der Waals surface area contributed by atoms with Gasteiger partial charge in [0.1, 0.15) is 0 Å². The van der Waals surface area contributed by atoms with Crippen LogP contribution in [-0.2, 0) is 10.0 Å². The molecule has 8 heteroatoms. The Morgan fingerprint density at radius 1 is 1.24 bits per heavy atom. The molecule has 1 aromatic rings. The summed E-state index contributed by atoms with van der Waals surface area (Å²) in [7, 11) is -1.76. The molecular weight excluding hydrogens is 314 g/mol. The summed E-state index contributed by atoms with van der Waals surface area (Å²) < 4.78 is 26.0. The van der Waals surface area contributed by atoms with Gasteiger partial charge in [0.05, 0.1) is 4.90 Å². The van der Waals surface area contributed by atoms with Gasteiger partial charge in [0.25, 0.3) is 5.91 Å². The number of carbonyl (C=O) groups excluding carboxylic acids is 1. The van der Waals surface area contributed by atoms with Crippen LogP contribution >= 0.6 is 12.4 Å². The molecule has 0 aromatic heterocycles. The van der Waals surface area contributed by atoms with Crippen molar-refractivity contribution in [2.45, 2.75) is 4.90 Å². The van der Waals surface area contributed by atoms with E-state index < -0.39 is 10.0 Å². The number of carbonyl (C=O) groups is 1. The molecule has 1 aromatic carbocycles. The molecule has 0 atom stereocenters. The van der Waals surface area contributed by atoms with E-state index in [1.165, 1.54) is 30.3 Å². The van der Waals surface area contributed by atoms with Gasteiger partial charge < -0.3 is 10.6 Å². The minimum atomic E-state index is -3.55. The van der Waals surface area contributed by atoms with Gasteiger partial charge in [-0.15, -0.1) is 19.0 Å². The van der Waals surface area contributed by atoms with Gasteiger partial charge in [-0.1, -0.05) is 6.08 Å². The number of nitrogens with one attached hydrogen (secondary N) is 3. The normalized spacial score (nSPS) is 10.5. The van der Waals surface area contributed by atoms with Crippen LogP contribution in [-0.4, -0.2) is 41.0 Å². The molecule has 3 N–H and O–H groups in total. The van der Waals surface area contributed by atoms with E-state index in [1.807, 2.05) is 0 Å². The van der Waals surface area contributed by atoms with Crippen LogP contribution in [0.15, 0.2) is 41.8 Å². The lowest BCUT2D eigenvalue weighted by Gasteiger charge is -2.07. The molecule has 0 spiro atoms. The van der Waals surface area contributed by atoms with E-state index in [2.05, 4.69) is 21.9 Å². The van der Waals surface area contributed by atoms with Crippen molar-refractivity contribution in [3.63, 3.8) is 0 Å². The van der Waals surface area contributed by atoms with Gasteiger partial charge >= 0.3 is 0 Å². The number of sulfonamides is 1. The largest absolute Gasteiger partial charge is 0.351 e. The van der Waals surface area contributed by atoms with Crippen LogP contribution < -0.4 is 15.4 Å². The average molecular weight is 334 g/mol. The van der Waals surface area contributed by atoms with Crippen molar-refractivity contribution < 1.29 is 13.2 Å². The molecule has 0 unspecified atom stereocenters. The zero-order valence-corrected chi connectivity index (χ0v) is 13.4. The Labute approximate surface area is 131 Å². The van der Waals surface area contributed by atoms with E-state index in [-0.39, 0.29) is 29.8 Å². The van der Waals surface area contributed by atoms with Crippen molar-refractivity contribution in [2.75, 3.05) is 26.7 Å². The van der Waals surface area contributed by atoms with E-state index in [9.17, 15) is 13.2 Å². The molecule has 6 nitrogen and oxygen atoms in total. The second-order valence-electron chi connectivity index (χ2n) is 4.02. The lowest BCUT2D eigenvalue weighted by molar-refractivity contribution is 0.0954. The minimum absolute atomic E-state index is 0. The highest BCUT2D eigenvalue weighted by molar-refractivity contribution is 7.89. The summed E-state index contributed by atoms with van der Waals surface area (Å²) in [5.74, 6) is -0.233. The topological polar surface area (TPSA) is 87.3 Å². The molecule has 0 aliphatic carbocycles. The van der Waals surface area contributed by atoms with Gasteiger partial charge in [0.15, 0.2) is 0 Å². The summed E-state index contributed by atoms with van der Waals surface area (Å²) in [6, 6.07) is 5.77. The molecule has 0 aliphatic heterocycles. The number of hydrogen-bond acceptors (Lipinski definition) is 4. The van der Waals surface area contributed by atoms with E-state index in [1.54, 1.807) is 7.05 Å². The molecule has 0 aliphatic rings. The van der Waals surface area contributed by atoms with Gasteiger partial charge in [-0.25, -0.2) is 13.1 Å². The highest BCUT2D eigenvalue weighted by atomic mass is 35.5. The number of benzene rings is 1. The zero-order valence-electron chi connectivity index (χ0n) is 11.8. The predicted molar refractivity (Wildman–Crippen MR) is 85.3 cm³/mol. The van der Waals surface area contributed by atoms with Gasteiger partial charge in [-0.2, -0.15) is 0 Å². The predicted octanol–water partition coefficient (Wildman–Crippen LogP) is 0.522. The molecule has 0 fully saturated rings. The summed E-state index contributed by atoms with van der Waals surface area (Å²) in [6.45, 7) is 4.79. The van der Waals surface area contributed by atoms with Crippen molar-refractivity contribution in [3.8, 4) is 0 Å². The Balaban J connectivity index is 0.00000400. The van der Waals surface area contributed by atoms with Crippen LogP contribution in [0.2, 0.25) is 0 Å². The lowest BCUT2D eigenvalue weighted by Crippen LogP contribution is -2.30. The van der Waals surface area contributed by atoms with Crippen LogP contribution in [0, 0.1) is 0 Å². The van der Waals surface area contributed by atoms with E-state index in [4.69, 9.17) is 0 Å². The summed E-state index contributed by atoms with van der Waals surface area (Å²) in [6.07, 6.45) is 1.46. The first-order valence-corrected chi connectivity index (χ1v) is 7.63. The maximum atomic E-state index is 11.8. The molecule has 0 heterocycles. The first-order valence-electron chi connectivity index (χ1n) is 6.14. The van der Waals surface area contributed by atoms with E-state index in [0.717, 1.165) is 0 Å². The quantitative estimate of drug-likeness (QED) is 0.478. The van der Waals surface area contributed by atoms with Gasteiger partial charge in [-0.3, -0.25) is 4.79 Å². The standard InChI is InChI=1S/C13H19N3O3S.ClH/c1-3-8-16-20(18,19)12-6-4-11(5-7-12)13(17)15-10-9-14-2;/h3-7,14,16H,1,8-10H2,2H3,(H,15,17);1H. The van der Waals surface area contributed by atoms with Crippen LogP contribution in [0.3, 0.4) is 0 Å². The smallest absolute Gasteiger partial charge is 0.251 e. The second-order valence-corrected chi connectivity index (χ2v) is 5.79. The zero-order chi connectivity index (χ0) is 15.0. The minimum Gasteiger partial charge on any atom is -0.351 e. The van der Waals surface area contributed by atoms with Crippen LogP contribution in [0.1, 0.15) is 10.4 Å². The fourth-order valence-electron chi connectivity index (χ4n) is 1.44. The first kappa shape index (κ1) is 19.6. The molecule has 1 amide bonds. The SMILES string of the molecule is C=CCNS(=O)(=O)c1ccc(C(=O)NCCNC)cc1.Cl. The molecule has 21 heavy (non-hydrogen) atoms. The Morgan fingerprint density at radius 2 is 1.86 bits per heavy atom. The Kier molecular flexibility index (Phi) is 8.87. The van der Waals surface area contributed by atoms with Crippen LogP contribution in [0.4, 0.5) is 0 Å². The van der Waals surface area contributed by atoms with Crippen LogP contribution in [0.5, 0.6) is 0 Å². The molecule has 0 saturated carbocycles. The maximum absolute atomic E-state index is 11.8. The third-order valence-corrected chi connectivity index (χ3v) is 3.94. The van der Waals surface area contributed by atoms with Crippen molar-refractivity contribution in [2.24, 2.45) is 0 Å². The number of rotatable bonds is 8. The summed E-state index contributed by atoms with van der Waals surface area (Å²) in [5.41, 5.74) is 0.420. The first-order chi connectivity index (χ1) is 9.51. The van der Waals surface area contributed by atoms with Gasteiger partial charge in [0, 0.05) is 25.2 Å². The highest BCUT2D eigenvalue weighted by Gasteiger charge is 2.13.